The van der Waals surface area contributed by atoms with Crippen LogP contribution < -0.4 is 5.32 Å². The quantitative estimate of drug-likeness (QED) is 0.913. The fraction of sp³-hybridized carbons (Fsp3) is 0.600. The molecule has 1 fully saturated rings. The van der Waals surface area contributed by atoms with Gasteiger partial charge in [0.05, 0.1) is 0 Å². The van der Waals surface area contributed by atoms with Crippen LogP contribution in [-0.2, 0) is 6.54 Å². The molecule has 1 aromatic carbocycles. The summed E-state index contributed by atoms with van der Waals surface area (Å²) in [6, 6.07) is 5.45. The highest BCUT2D eigenvalue weighted by Gasteiger charge is 2.23. The number of nitrogens with zero attached hydrogens (tertiary/aromatic N) is 1. The SMILES string of the molecule is CCC(C)C1CN(Cc2ccc(Cl)cc2F)CCN1. The Morgan fingerprint density at radius 2 is 2.32 bits per heavy atom. The third kappa shape index (κ3) is 3.91. The van der Waals surface area contributed by atoms with Gasteiger partial charge in [0, 0.05) is 42.8 Å². The smallest absolute Gasteiger partial charge is 0.129 e. The molecule has 0 radical (unpaired) electrons. The van der Waals surface area contributed by atoms with Crippen molar-refractivity contribution in [2.24, 2.45) is 5.92 Å². The second kappa shape index (κ2) is 6.69. The van der Waals surface area contributed by atoms with E-state index in [2.05, 4.69) is 24.1 Å². The molecule has 2 unspecified atom stereocenters. The standard InChI is InChI=1S/C15H22ClFN2/c1-3-11(2)15-10-19(7-6-18-15)9-12-4-5-13(16)8-14(12)17/h4-5,8,11,15,18H,3,6-7,9-10H2,1-2H3. The van der Waals surface area contributed by atoms with E-state index >= 15 is 0 Å². The van der Waals surface area contributed by atoms with E-state index in [-0.39, 0.29) is 5.82 Å². The molecule has 0 aliphatic carbocycles. The van der Waals surface area contributed by atoms with Crippen molar-refractivity contribution in [3.05, 3.63) is 34.6 Å². The monoisotopic (exact) mass is 284 g/mol. The molecule has 106 valence electrons. The molecule has 2 atom stereocenters. The second-order valence-corrected chi connectivity index (χ2v) is 5.85. The van der Waals surface area contributed by atoms with E-state index in [0.717, 1.165) is 25.2 Å². The lowest BCUT2D eigenvalue weighted by atomic mass is 9.97. The molecular weight excluding hydrogens is 263 g/mol. The summed E-state index contributed by atoms with van der Waals surface area (Å²) in [6.07, 6.45) is 1.17. The molecule has 1 saturated heterocycles. The van der Waals surface area contributed by atoms with Crippen molar-refractivity contribution in [2.75, 3.05) is 19.6 Å². The highest BCUT2D eigenvalue weighted by molar-refractivity contribution is 6.30. The Hall–Kier alpha value is -0.640. The molecule has 2 nitrogen and oxygen atoms in total. The molecule has 1 aliphatic rings. The first-order valence-electron chi connectivity index (χ1n) is 6.99. The van der Waals surface area contributed by atoms with Crippen LogP contribution in [0.25, 0.3) is 0 Å². The van der Waals surface area contributed by atoms with Gasteiger partial charge in [0.25, 0.3) is 0 Å². The van der Waals surface area contributed by atoms with Gasteiger partial charge in [0.15, 0.2) is 0 Å². The summed E-state index contributed by atoms with van der Waals surface area (Å²) in [5.41, 5.74) is 0.731. The molecule has 19 heavy (non-hydrogen) atoms. The van der Waals surface area contributed by atoms with Gasteiger partial charge >= 0.3 is 0 Å². The van der Waals surface area contributed by atoms with E-state index in [1.165, 1.54) is 12.5 Å². The fourth-order valence-electron chi connectivity index (χ4n) is 2.54. The Morgan fingerprint density at radius 3 is 3.00 bits per heavy atom. The van der Waals surface area contributed by atoms with Crippen molar-refractivity contribution < 1.29 is 4.39 Å². The molecule has 1 N–H and O–H groups in total. The summed E-state index contributed by atoms with van der Waals surface area (Å²) >= 11 is 5.78. The van der Waals surface area contributed by atoms with Gasteiger partial charge in [-0.15, -0.1) is 0 Å². The normalized spacial score (nSPS) is 22.4. The van der Waals surface area contributed by atoms with Crippen LogP contribution >= 0.6 is 11.6 Å². The maximum atomic E-state index is 13.8. The molecule has 4 heteroatoms. The maximum Gasteiger partial charge on any atom is 0.129 e. The Morgan fingerprint density at radius 1 is 1.53 bits per heavy atom. The summed E-state index contributed by atoms with van der Waals surface area (Å²) in [5.74, 6) is 0.448. The number of nitrogens with one attached hydrogen (secondary N) is 1. The van der Waals surface area contributed by atoms with E-state index in [1.54, 1.807) is 12.1 Å². The van der Waals surface area contributed by atoms with E-state index in [9.17, 15) is 4.39 Å². The van der Waals surface area contributed by atoms with Crippen LogP contribution in [0.1, 0.15) is 25.8 Å². The van der Waals surface area contributed by atoms with Gasteiger partial charge < -0.3 is 5.32 Å². The number of hydrogen-bond donors (Lipinski definition) is 1. The van der Waals surface area contributed by atoms with Gasteiger partial charge in [-0.05, 0) is 18.1 Å². The largest absolute Gasteiger partial charge is 0.311 e. The molecule has 1 aromatic rings. The summed E-state index contributed by atoms with van der Waals surface area (Å²) < 4.78 is 13.8. The zero-order valence-corrected chi connectivity index (χ0v) is 12.4. The predicted molar refractivity (Wildman–Crippen MR) is 77.9 cm³/mol. The fourth-order valence-corrected chi connectivity index (χ4v) is 2.70. The topological polar surface area (TPSA) is 15.3 Å². The van der Waals surface area contributed by atoms with Crippen molar-refractivity contribution in [1.82, 2.24) is 10.2 Å². The Bertz CT molecular complexity index is 425. The third-order valence-corrected chi connectivity index (χ3v) is 4.26. The summed E-state index contributed by atoms with van der Waals surface area (Å²) in [6.45, 7) is 8.07. The molecule has 1 aliphatic heterocycles. The zero-order valence-electron chi connectivity index (χ0n) is 11.6. The second-order valence-electron chi connectivity index (χ2n) is 5.42. The van der Waals surface area contributed by atoms with Crippen LogP contribution in [-0.4, -0.2) is 30.6 Å². The molecule has 1 heterocycles. The molecule has 0 spiro atoms. The van der Waals surface area contributed by atoms with Gasteiger partial charge in [-0.3, -0.25) is 4.90 Å². The van der Waals surface area contributed by atoms with Crippen molar-refractivity contribution in [3.8, 4) is 0 Å². The van der Waals surface area contributed by atoms with Crippen LogP contribution in [0.5, 0.6) is 0 Å². The number of halogens is 2. The van der Waals surface area contributed by atoms with Gasteiger partial charge in [-0.25, -0.2) is 4.39 Å². The van der Waals surface area contributed by atoms with Crippen LogP contribution in [0, 0.1) is 11.7 Å². The molecule has 0 aromatic heterocycles. The van der Waals surface area contributed by atoms with Crippen LogP contribution in [0.2, 0.25) is 5.02 Å². The van der Waals surface area contributed by atoms with Crippen molar-refractivity contribution in [2.45, 2.75) is 32.9 Å². The van der Waals surface area contributed by atoms with Gasteiger partial charge in [0.1, 0.15) is 5.82 Å². The first-order chi connectivity index (χ1) is 9.10. The van der Waals surface area contributed by atoms with Gasteiger partial charge in [0.2, 0.25) is 0 Å². The minimum absolute atomic E-state index is 0.203. The molecule has 0 bridgehead atoms. The van der Waals surface area contributed by atoms with E-state index in [1.807, 2.05) is 0 Å². The first-order valence-corrected chi connectivity index (χ1v) is 7.37. The average molecular weight is 285 g/mol. The zero-order chi connectivity index (χ0) is 13.8. The first kappa shape index (κ1) is 14.8. The molecule has 0 saturated carbocycles. The van der Waals surface area contributed by atoms with Crippen molar-refractivity contribution in [1.29, 1.82) is 0 Å². The lowest BCUT2D eigenvalue weighted by molar-refractivity contribution is 0.161. The minimum Gasteiger partial charge on any atom is -0.311 e. The highest BCUT2D eigenvalue weighted by atomic mass is 35.5. The average Bonchev–Trinajstić information content (AvgIpc) is 2.41. The molecule has 0 amide bonds. The lowest BCUT2D eigenvalue weighted by Gasteiger charge is -2.36. The summed E-state index contributed by atoms with van der Waals surface area (Å²) in [7, 11) is 0. The number of piperazine rings is 1. The van der Waals surface area contributed by atoms with Crippen molar-refractivity contribution >= 4 is 11.6 Å². The lowest BCUT2D eigenvalue weighted by Crippen LogP contribution is -2.52. The Kier molecular flexibility index (Phi) is 5.20. The number of hydrogen-bond acceptors (Lipinski definition) is 2. The Labute approximate surface area is 119 Å². The minimum atomic E-state index is -0.203. The number of rotatable bonds is 4. The van der Waals surface area contributed by atoms with E-state index < -0.39 is 0 Å². The summed E-state index contributed by atoms with van der Waals surface area (Å²) in [4.78, 5) is 2.32. The van der Waals surface area contributed by atoms with Gasteiger partial charge in [-0.1, -0.05) is 37.9 Å². The van der Waals surface area contributed by atoms with Crippen LogP contribution in [0.15, 0.2) is 18.2 Å². The van der Waals surface area contributed by atoms with E-state index in [4.69, 9.17) is 11.6 Å². The van der Waals surface area contributed by atoms with Crippen LogP contribution in [0.3, 0.4) is 0 Å². The molecule has 2 rings (SSSR count). The maximum absolute atomic E-state index is 13.8. The Balaban J connectivity index is 1.98. The third-order valence-electron chi connectivity index (χ3n) is 4.03. The van der Waals surface area contributed by atoms with E-state index in [0.29, 0.717) is 23.5 Å². The highest BCUT2D eigenvalue weighted by Crippen LogP contribution is 2.18. The van der Waals surface area contributed by atoms with Gasteiger partial charge in [-0.2, -0.15) is 0 Å². The van der Waals surface area contributed by atoms with Crippen LogP contribution in [0.4, 0.5) is 4.39 Å². The molecular formula is C15H22ClFN2. The predicted octanol–water partition coefficient (Wildman–Crippen LogP) is 3.30. The van der Waals surface area contributed by atoms with Crippen molar-refractivity contribution in [3.63, 3.8) is 0 Å². The summed E-state index contributed by atoms with van der Waals surface area (Å²) in [5, 5.41) is 4.01. The number of benzene rings is 1.